The van der Waals surface area contributed by atoms with Gasteiger partial charge in [0.1, 0.15) is 0 Å². The SMILES string of the molecule is Cc1ccc(C(=O)C2=CN(CC/C=C/c3ccc(SCC(=O)O)cc3)CC2)cc1. The number of hydrogen-bond donors (Lipinski definition) is 1. The summed E-state index contributed by atoms with van der Waals surface area (Å²) in [6, 6.07) is 15.6. The zero-order chi connectivity index (χ0) is 20.6. The van der Waals surface area contributed by atoms with Crippen LogP contribution in [0.25, 0.3) is 6.08 Å². The zero-order valence-corrected chi connectivity index (χ0v) is 17.3. The number of carboxylic acid groups (broad SMARTS) is 1. The lowest BCUT2D eigenvalue weighted by atomic mass is 10.0. The van der Waals surface area contributed by atoms with Crippen molar-refractivity contribution in [2.24, 2.45) is 0 Å². The number of carbonyl (C=O) groups is 2. The van der Waals surface area contributed by atoms with Gasteiger partial charge in [0.05, 0.1) is 5.75 Å². The normalized spacial score (nSPS) is 13.7. The summed E-state index contributed by atoms with van der Waals surface area (Å²) >= 11 is 1.32. The molecular formula is C24H25NO3S. The van der Waals surface area contributed by atoms with E-state index in [2.05, 4.69) is 17.1 Å². The van der Waals surface area contributed by atoms with Crippen molar-refractivity contribution in [1.29, 1.82) is 0 Å². The highest BCUT2D eigenvalue weighted by Gasteiger charge is 2.19. The number of thioether (sulfide) groups is 1. The van der Waals surface area contributed by atoms with Crippen LogP contribution < -0.4 is 0 Å². The van der Waals surface area contributed by atoms with Gasteiger partial charge in [-0.25, -0.2) is 0 Å². The maximum absolute atomic E-state index is 12.6. The monoisotopic (exact) mass is 407 g/mol. The fraction of sp³-hybridized carbons (Fsp3) is 0.250. The Hall–Kier alpha value is -2.79. The summed E-state index contributed by atoms with van der Waals surface area (Å²) in [6.07, 6.45) is 7.91. The van der Waals surface area contributed by atoms with Crippen LogP contribution in [0.2, 0.25) is 0 Å². The number of rotatable bonds is 9. The number of ketones is 1. The van der Waals surface area contributed by atoms with E-state index < -0.39 is 5.97 Å². The van der Waals surface area contributed by atoms with Crippen LogP contribution in [0.3, 0.4) is 0 Å². The first kappa shape index (κ1) is 20.9. The van der Waals surface area contributed by atoms with Gasteiger partial charge in [-0.3, -0.25) is 9.59 Å². The van der Waals surface area contributed by atoms with E-state index in [1.54, 1.807) is 0 Å². The number of Topliss-reactive ketones (excluding diaryl/α,β-unsaturated/α-hetero) is 1. The Kier molecular flexibility index (Phi) is 7.30. The molecule has 1 aliphatic rings. The van der Waals surface area contributed by atoms with Crippen molar-refractivity contribution in [3.8, 4) is 0 Å². The quantitative estimate of drug-likeness (QED) is 0.466. The predicted octanol–water partition coefficient (Wildman–Crippen LogP) is 5.05. The van der Waals surface area contributed by atoms with Crippen LogP contribution >= 0.6 is 11.8 Å². The molecule has 0 spiro atoms. The maximum Gasteiger partial charge on any atom is 0.313 e. The minimum atomic E-state index is -0.807. The van der Waals surface area contributed by atoms with E-state index >= 15 is 0 Å². The molecule has 0 unspecified atom stereocenters. The van der Waals surface area contributed by atoms with Crippen LogP contribution in [0.1, 0.15) is 34.3 Å². The number of nitrogens with zero attached hydrogens (tertiary/aromatic N) is 1. The van der Waals surface area contributed by atoms with Gasteiger partial charge in [-0.2, -0.15) is 0 Å². The molecule has 0 radical (unpaired) electrons. The Morgan fingerprint density at radius 3 is 2.52 bits per heavy atom. The average Bonchev–Trinajstić information content (AvgIpc) is 3.19. The van der Waals surface area contributed by atoms with E-state index in [4.69, 9.17) is 5.11 Å². The van der Waals surface area contributed by atoms with Gasteiger partial charge in [0.25, 0.3) is 0 Å². The second-order valence-electron chi connectivity index (χ2n) is 7.08. The molecule has 29 heavy (non-hydrogen) atoms. The largest absolute Gasteiger partial charge is 0.481 e. The molecule has 150 valence electrons. The lowest BCUT2D eigenvalue weighted by molar-refractivity contribution is -0.133. The molecule has 0 fully saturated rings. The summed E-state index contributed by atoms with van der Waals surface area (Å²) in [6.45, 7) is 3.79. The molecule has 0 aromatic heterocycles. The van der Waals surface area contributed by atoms with Gasteiger partial charge in [-0.1, -0.05) is 54.1 Å². The van der Waals surface area contributed by atoms with Gasteiger partial charge in [0, 0.05) is 35.3 Å². The van der Waals surface area contributed by atoms with E-state index in [9.17, 15) is 9.59 Å². The Bertz CT molecular complexity index is 914. The lowest BCUT2D eigenvalue weighted by Gasteiger charge is -2.12. The molecule has 0 atom stereocenters. The number of benzene rings is 2. The fourth-order valence-electron chi connectivity index (χ4n) is 3.13. The fourth-order valence-corrected chi connectivity index (χ4v) is 3.75. The van der Waals surface area contributed by atoms with Gasteiger partial charge in [0.15, 0.2) is 5.78 Å². The first-order valence-electron chi connectivity index (χ1n) is 9.68. The first-order chi connectivity index (χ1) is 14.0. The molecule has 5 heteroatoms. The molecule has 0 saturated heterocycles. The van der Waals surface area contributed by atoms with Crippen molar-refractivity contribution in [3.05, 3.63) is 83.1 Å². The molecular weight excluding hydrogens is 382 g/mol. The number of carbonyl (C=O) groups excluding carboxylic acids is 1. The summed E-state index contributed by atoms with van der Waals surface area (Å²) in [5, 5.41) is 8.72. The Labute approximate surface area is 175 Å². The Morgan fingerprint density at radius 2 is 1.83 bits per heavy atom. The standard InChI is InChI=1S/C24H25NO3S/c1-18-5-9-20(10-6-18)24(28)21-13-15-25(16-21)14-3-2-4-19-7-11-22(12-8-19)29-17-23(26)27/h2,4-12,16H,3,13-15,17H2,1H3,(H,26,27)/b4-2+. The molecule has 2 aromatic carbocycles. The second-order valence-corrected chi connectivity index (χ2v) is 8.13. The first-order valence-corrected chi connectivity index (χ1v) is 10.7. The summed E-state index contributed by atoms with van der Waals surface area (Å²) in [7, 11) is 0. The minimum absolute atomic E-state index is 0.0763. The van der Waals surface area contributed by atoms with Crippen LogP contribution in [0.4, 0.5) is 0 Å². The third kappa shape index (κ3) is 6.36. The molecule has 0 bridgehead atoms. The van der Waals surface area contributed by atoms with Crippen LogP contribution in [-0.2, 0) is 4.79 Å². The van der Waals surface area contributed by atoms with Crippen LogP contribution in [0, 0.1) is 6.92 Å². The zero-order valence-electron chi connectivity index (χ0n) is 16.5. The number of aliphatic carboxylic acids is 1. The summed E-state index contributed by atoms with van der Waals surface area (Å²) < 4.78 is 0. The molecule has 0 amide bonds. The highest BCUT2D eigenvalue weighted by Crippen LogP contribution is 2.21. The van der Waals surface area contributed by atoms with Gasteiger partial charge in [-0.15, -0.1) is 11.8 Å². The van der Waals surface area contributed by atoms with E-state index in [0.717, 1.165) is 53.1 Å². The average molecular weight is 408 g/mol. The molecule has 2 aromatic rings. The van der Waals surface area contributed by atoms with Crippen molar-refractivity contribution in [1.82, 2.24) is 4.90 Å². The third-order valence-corrected chi connectivity index (χ3v) is 5.74. The topological polar surface area (TPSA) is 57.6 Å². The van der Waals surface area contributed by atoms with Crippen LogP contribution in [0.15, 0.2) is 71.3 Å². The highest BCUT2D eigenvalue weighted by molar-refractivity contribution is 8.00. The number of hydrogen-bond acceptors (Lipinski definition) is 4. The third-order valence-electron chi connectivity index (χ3n) is 4.75. The highest BCUT2D eigenvalue weighted by atomic mass is 32.2. The molecule has 1 aliphatic heterocycles. The molecule has 0 aliphatic carbocycles. The predicted molar refractivity (Wildman–Crippen MR) is 118 cm³/mol. The van der Waals surface area contributed by atoms with Gasteiger partial charge < -0.3 is 10.0 Å². The second kappa shape index (κ2) is 10.1. The maximum atomic E-state index is 12.6. The smallest absolute Gasteiger partial charge is 0.313 e. The van der Waals surface area contributed by atoms with Crippen molar-refractivity contribution < 1.29 is 14.7 Å². The Balaban J connectivity index is 1.46. The van der Waals surface area contributed by atoms with Crippen LogP contribution in [0.5, 0.6) is 0 Å². The van der Waals surface area contributed by atoms with Gasteiger partial charge >= 0.3 is 5.97 Å². The summed E-state index contributed by atoms with van der Waals surface area (Å²) in [5.74, 6) is -0.602. The lowest BCUT2D eigenvalue weighted by Crippen LogP contribution is -2.14. The van der Waals surface area contributed by atoms with Crippen LogP contribution in [-0.4, -0.2) is 40.6 Å². The molecule has 0 saturated carbocycles. The molecule has 3 rings (SSSR count). The van der Waals surface area contributed by atoms with E-state index in [-0.39, 0.29) is 11.5 Å². The van der Waals surface area contributed by atoms with Gasteiger partial charge in [0.2, 0.25) is 0 Å². The van der Waals surface area contributed by atoms with E-state index in [1.165, 1.54) is 11.8 Å². The molecule has 4 nitrogen and oxygen atoms in total. The van der Waals surface area contributed by atoms with Gasteiger partial charge in [-0.05, 0) is 37.5 Å². The molecule has 1 heterocycles. The van der Waals surface area contributed by atoms with E-state index in [1.807, 2.05) is 61.7 Å². The van der Waals surface area contributed by atoms with Crippen molar-refractivity contribution >= 4 is 29.6 Å². The summed E-state index contributed by atoms with van der Waals surface area (Å²) in [5.41, 5.74) is 3.89. The minimum Gasteiger partial charge on any atom is -0.481 e. The van der Waals surface area contributed by atoms with Crippen molar-refractivity contribution in [2.75, 3.05) is 18.8 Å². The Morgan fingerprint density at radius 1 is 1.10 bits per heavy atom. The van der Waals surface area contributed by atoms with Crippen molar-refractivity contribution in [2.45, 2.75) is 24.7 Å². The summed E-state index contributed by atoms with van der Waals surface area (Å²) in [4.78, 5) is 26.4. The number of aryl methyl sites for hydroxylation is 1. The number of carboxylic acids is 1. The van der Waals surface area contributed by atoms with E-state index in [0.29, 0.717) is 0 Å². The molecule has 1 N–H and O–H groups in total. The van der Waals surface area contributed by atoms with Crippen molar-refractivity contribution in [3.63, 3.8) is 0 Å².